The SMILES string of the molecule is CC1(CO)CCc2ncc(-c3ccnc(Nc4ccccc4Cl)n3)cc21. The van der Waals surface area contributed by atoms with Crippen molar-refractivity contribution in [3.63, 3.8) is 0 Å². The van der Waals surface area contributed by atoms with Gasteiger partial charge in [0.2, 0.25) is 5.95 Å². The maximum atomic E-state index is 9.79. The highest BCUT2D eigenvalue weighted by Crippen LogP contribution is 2.39. The van der Waals surface area contributed by atoms with Crippen molar-refractivity contribution in [1.29, 1.82) is 0 Å². The van der Waals surface area contributed by atoms with E-state index in [1.807, 2.05) is 36.5 Å². The van der Waals surface area contributed by atoms with Gasteiger partial charge in [-0.3, -0.25) is 4.98 Å². The van der Waals surface area contributed by atoms with Crippen LogP contribution in [0.5, 0.6) is 0 Å². The average molecular weight is 367 g/mol. The molecule has 2 N–H and O–H groups in total. The monoisotopic (exact) mass is 366 g/mol. The van der Waals surface area contributed by atoms with Gasteiger partial charge in [0.25, 0.3) is 0 Å². The Morgan fingerprint density at radius 3 is 2.88 bits per heavy atom. The van der Waals surface area contributed by atoms with Gasteiger partial charge in [-0.1, -0.05) is 30.7 Å². The van der Waals surface area contributed by atoms with Crippen molar-refractivity contribution in [3.05, 3.63) is 65.1 Å². The molecule has 1 aliphatic rings. The van der Waals surface area contributed by atoms with Crippen molar-refractivity contribution in [2.75, 3.05) is 11.9 Å². The van der Waals surface area contributed by atoms with Crippen LogP contribution in [0.4, 0.5) is 11.6 Å². The van der Waals surface area contributed by atoms with E-state index in [1.54, 1.807) is 6.20 Å². The first-order valence-corrected chi connectivity index (χ1v) is 8.92. The Balaban J connectivity index is 1.68. The van der Waals surface area contributed by atoms with Crippen LogP contribution in [0.25, 0.3) is 11.3 Å². The van der Waals surface area contributed by atoms with Crippen molar-refractivity contribution in [1.82, 2.24) is 15.0 Å². The number of nitrogens with one attached hydrogen (secondary N) is 1. The second-order valence-electron chi connectivity index (χ2n) is 6.81. The van der Waals surface area contributed by atoms with E-state index in [-0.39, 0.29) is 12.0 Å². The largest absolute Gasteiger partial charge is 0.395 e. The Kier molecular flexibility index (Phi) is 4.34. The van der Waals surface area contributed by atoms with Gasteiger partial charge in [-0.2, -0.15) is 0 Å². The third kappa shape index (κ3) is 3.04. The maximum absolute atomic E-state index is 9.79. The van der Waals surface area contributed by atoms with Gasteiger partial charge in [0.1, 0.15) is 0 Å². The Hall–Kier alpha value is -2.50. The van der Waals surface area contributed by atoms with Crippen LogP contribution >= 0.6 is 11.6 Å². The number of aliphatic hydroxyl groups is 1. The number of halogens is 1. The summed E-state index contributed by atoms with van der Waals surface area (Å²) < 4.78 is 0. The van der Waals surface area contributed by atoms with Crippen molar-refractivity contribution < 1.29 is 5.11 Å². The van der Waals surface area contributed by atoms with Gasteiger partial charge in [-0.05, 0) is 42.7 Å². The molecule has 3 aromatic rings. The molecular weight excluding hydrogens is 348 g/mol. The van der Waals surface area contributed by atoms with Crippen LogP contribution in [0, 0.1) is 0 Å². The van der Waals surface area contributed by atoms with Crippen LogP contribution in [-0.4, -0.2) is 26.7 Å². The molecule has 0 amide bonds. The summed E-state index contributed by atoms with van der Waals surface area (Å²) in [5.41, 5.74) is 4.38. The number of aromatic nitrogens is 3. The highest BCUT2D eigenvalue weighted by Gasteiger charge is 2.34. The normalized spacial score (nSPS) is 18.6. The lowest BCUT2D eigenvalue weighted by Crippen LogP contribution is -2.23. The summed E-state index contributed by atoms with van der Waals surface area (Å²) in [6.07, 6.45) is 5.36. The first kappa shape index (κ1) is 16.9. The minimum absolute atomic E-state index is 0.119. The summed E-state index contributed by atoms with van der Waals surface area (Å²) in [4.78, 5) is 13.5. The summed E-state index contributed by atoms with van der Waals surface area (Å²) in [7, 11) is 0. The molecular formula is C20H19ClN4O. The first-order chi connectivity index (χ1) is 12.6. The van der Waals surface area contributed by atoms with Gasteiger partial charge in [-0.15, -0.1) is 0 Å². The number of hydrogen-bond donors (Lipinski definition) is 2. The number of fused-ring (bicyclic) bond motifs is 1. The molecule has 26 heavy (non-hydrogen) atoms. The Labute approximate surface area is 157 Å². The summed E-state index contributed by atoms with van der Waals surface area (Å²) >= 11 is 6.19. The molecule has 0 bridgehead atoms. The second kappa shape index (κ2) is 6.67. The third-order valence-electron chi connectivity index (χ3n) is 4.95. The zero-order valence-electron chi connectivity index (χ0n) is 14.4. The number of aliphatic hydroxyl groups excluding tert-OH is 1. The average Bonchev–Trinajstić information content (AvgIpc) is 3.01. The molecule has 5 nitrogen and oxygen atoms in total. The molecule has 0 fully saturated rings. The van der Waals surface area contributed by atoms with E-state index in [4.69, 9.17) is 11.6 Å². The first-order valence-electron chi connectivity index (χ1n) is 8.54. The molecule has 1 atom stereocenters. The summed E-state index contributed by atoms with van der Waals surface area (Å²) in [5.74, 6) is 0.473. The van der Waals surface area contributed by atoms with E-state index >= 15 is 0 Å². The molecule has 0 spiro atoms. The van der Waals surface area contributed by atoms with E-state index in [1.165, 1.54) is 0 Å². The van der Waals surface area contributed by atoms with Crippen LogP contribution in [0.2, 0.25) is 5.02 Å². The number of hydrogen-bond acceptors (Lipinski definition) is 5. The third-order valence-corrected chi connectivity index (χ3v) is 5.28. The standard InChI is InChI=1S/C20H19ClN4O/c1-20(12-26)8-6-17-14(20)10-13(11-23-17)16-7-9-22-19(24-16)25-18-5-3-2-4-15(18)21/h2-5,7,9-11,26H,6,8,12H2,1H3,(H,22,24,25). The fraction of sp³-hybridized carbons (Fsp3) is 0.250. The van der Waals surface area contributed by atoms with Gasteiger partial charge in [-0.25, -0.2) is 9.97 Å². The Morgan fingerprint density at radius 2 is 2.08 bits per heavy atom. The molecule has 1 aliphatic carbocycles. The van der Waals surface area contributed by atoms with E-state index in [0.29, 0.717) is 11.0 Å². The van der Waals surface area contributed by atoms with E-state index in [2.05, 4.69) is 33.3 Å². The molecule has 0 saturated heterocycles. The highest BCUT2D eigenvalue weighted by molar-refractivity contribution is 6.33. The molecule has 4 rings (SSSR count). The van der Waals surface area contributed by atoms with Crippen LogP contribution in [0.3, 0.4) is 0 Å². The van der Waals surface area contributed by atoms with Crippen molar-refractivity contribution in [3.8, 4) is 11.3 Å². The molecule has 1 unspecified atom stereocenters. The number of pyridine rings is 1. The number of anilines is 2. The van der Waals surface area contributed by atoms with Crippen molar-refractivity contribution >= 4 is 23.2 Å². The number of rotatable bonds is 4. The predicted molar refractivity (Wildman–Crippen MR) is 103 cm³/mol. The highest BCUT2D eigenvalue weighted by atomic mass is 35.5. The van der Waals surface area contributed by atoms with E-state index in [9.17, 15) is 5.11 Å². The number of para-hydroxylation sites is 1. The fourth-order valence-electron chi connectivity index (χ4n) is 3.31. The van der Waals surface area contributed by atoms with Gasteiger partial charge in [0.05, 0.1) is 23.0 Å². The lowest BCUT2D eigenvalue weighted by atomic mass is 9.85. The molecule has 2 aromatic heterocycles. The number of nitrogens with zero attached hydrogens (tertiary/aromatic N) is 3. The Morgan fingerprint density at radius 1 is 1.23 bits per heavy atom. The van der Waals surface area contributed by atoms with Crippen LogP contribution in [0.1, 0.15) is 24.6 Å². The molecule has 6 heteroatoms. The van der Waals surface area contributed by atoms with Gasteiger partial charge in [0, 0.05) is 29.1 Å². The van der Waals surface area contributed by atoms with Gasteiger partial charge >= 0.3 is 0 Å². The summed E-state index contributed by atoms with van der Waals surface area (Å²) in [6, 6.07) is 11.4. The molecule has 1 aromatic carbocycles. The zero-order valence-corrected chi connectivity index (χ0v) is 15.2. The predicted octanol–water partition coefficient (Wildman–Crippen LogP) is 4.13. The molecule has 0 saturated carbocycles. The zero-order chi connectivity index (χ0) is 18.1. The maximum Gasteiger partial charge on any atom is 0.227 e. The van der Waals surface area contributed by atoms with Crippen molar-refractivity contribution in [2.45, 2.75) is 25.2 Å². The van der Waals surface area contributed by atoms with Crippen LogP contribution < -0.4 is 5.32 Å². The number of benzene rings is 1. The van der Waals surface area contributed by atoms with Crippen LogP contribution in [-0.2, 0) is 11.8 Å². The minimum atomic E-state index is -0.232. The fourth-order valence-corrected chi connectivity index (χ4v) is 3.49. The lowest BCUT2D eigenvalue weighted by Gasteiger charge is -2.22. The second-order valence-corrected chi connectivity index (χ2v) is 7.21. The Bertz CT molecular complexity index is 962. The smallest absolute Gasteiger partial charge is 0.227 e. The molecule has 2 heterocycles. The van der Waals surface area contributed by atoms with Crippen molar-refractivity contribution in [2.24, 2.45) is 0 Å². The quantitative estimate of drug-likeness (QED) is 0.726. The topological polar surface area (TPSA) is 70.9 Å². The van der Waals surface area contributed by atoms with Gasteiger partial charge < -0.3 is 10.4 Å². The summed E-state index contributed by atoms with van der Waals surface area (Å²) in [5, 5.41) is 13.5. The lowest BCUT2D eigenvalue weighted by molar-refractivity contribution is 0.206. The minimum Gasteiger partial charge on any atom is -0.395 e. The molecule has 0 radical (unpaired) electrons. The van der Waals surface area contributed by atoms with Gasteiger partial charge in [0.15, 0.2) is 0 Å². The molecule has 0 aliphatic heterocycles. The molecule has 132 valence electrons. The number of aryl methyl sites for hydroxylation is 1. The van der Waals surface area contributed by atoms with Crippen LogP contribution in [0.15, 0.2) is 48.8 Å². The van der Waals surface area contributed by atoms with E-state index < -0.39 is 0 Å². The summed E-state index contributed by atoms with van der Waals surface area (Å²) in [6.45, 7) is 2.20. The van der Waals surface area contributed by atoms with E-state index in [0.717, 1.165) is 41.0 Å².